The summed E-state index contributed by atoms with van der Waals surface area (Å²) in [6, 6.07) is 6.42. The number of aliphatic hydroxyl groups is 1. The van der Waals surface area contributed by atoms with Crippen molar-refractivity contribution in [2.24, 2.45) is 5.41 Å². The van der Waals surface area contributed by atoms with Crippen LogP contribution >= 0.6 is 0 Å². The van der Waals surface area contributed by atoms with Gasteiger partial charge in [0.2, 0.25) is 10.0 Å². The number of benzene rings is 1. The Morgan fingerprint density at radius 1 is 1.42 bits per heavy atom. The molecule has 19 heavy (non-hydrogen) atoms. The molecule has 1 aromatic carbocycles. The van der Waals surface area contributed by atoms with Crippen LogP contribution in [0, 0.1) is 5.41 Å². The lowest BCUT2D eigenvalue weighted by molar-refractivity contribution is 0.281. The van der Waals surface area contributed by atoms with Crippen LogP contribution in [0.5, 0.6) is 0 Å². The second kappa shape index (κ2) is 5.23. The number of nitrogens with one attached hydrogen (secondary N) is 1. The van der Waals surface area contributed by atoms with Gasteiger partial charge in [-0.1, -0.05) is 32.4 Å². The maximum absolute atomic E-state index is 12.4. The summed E-state index contributed by atoms with van der Waals surface area (Å²) in [5.41, 5.74) is 0.607. The SMILES string of the molecule is CC1(C)CCCC1NS(=O)(=O)c1cccc(CO)c1. The molecular formula is C14H21NO3S. The second-order valence-corrected chi connectivity index (χ2v) is 7.57. The standard InChI is InChI=1S/C14H21NO3S/c1-14(2)8-4-7-13(14)15-19(17,18)12-6-3-5-11(9-12)10-16/h3,5-6,9,13,15-16H,4,7-8,10H2,1-2H3. The Balaban J connectivity index is 2.23. The first kappa shape index (κ1) is 14.5. The summed E-state index contributed by atoms with van der Waals surface area (Å²) in [7, 11) is -3.51. The van der Waals surface area contributed by atoms with Crippen molar-refractivity contribution in [2.45, 2.75) is 50.7 Å². The molecule has 4 nitrogen and oxygen atoms in total. The number of rotatable bonds is 4. The molecular weight excluding hydrogens is 262 g/mol. The highest BCUT2D eigenvalue weighted by Crippen LogP contribution is 2.37. The van der Waals surface area contributed by atoms with Gasteiger partial charge in [-0.3, -0.25) is 0 Å². The normalized spacial score (nSPS) is 22.6. The Morgan fingerprint density at radius 2 is 2.16 bits per heavy atom. The molecule has 1 aliphatic carbocycles. The lowest BCUT2D eigenvalue weighted by atomic mass is 9.88. The van der Waals surface area contributed by atoms with Crippen molar-refractivity contribution in [3.05, 3.63) is 29.8 Å². The van der Waals surface area contributed by atoms with E-state index in [4.69, 9.17) is 5.11 Å². The molecule has 0 aromatic heterocycles. The van der Waals surface area contributed by atoms with E-state index in [0.717, 1.165) is 19.3 Å². The molecule has 1 unspecified atom stereocenters. The van der Waals surface area contributed by atoms with Gasteiger partial charge in [0, 0.05) is 6.04 Å². The van der Waals surface area contributed by atoms with Gasteiger partial charge in [-0.25, -0.2) is 13.1 Å². The highest BCUT2D eigenvalue weighted by Gasteiger charge is 2.37. The topological polar surface area (TPSA) is 66.4 Å². The second-order valence-electron chi connectivity index (χ2n) is 5.86. The molecule has 1 aromatic rings. The Hall–Kier alpha value is -0.910. The zero-order chi connectivity index (χ0) is 14.1. The van der Waals surface area contributed by atoms with Crippen LogP contribution in [-0.2, 0) is 16.6 Å². The predicted octanol–water partition coefficient (Wildman–Crippen LogP) is 2.04. The quantitative estimate of drug-likeness (QED) is 0.888. The minimum absolute atomic E-state index is 0.00165. The fraction of sp³-hybridized carbons (Fsp3) is 0.571. The lowest BCUT2D eigenvalue weighted by Crippen LogP contribution is -2.41. The van der Waals surface area contributed by atoms with Crippen LogP contribution in [0.25, 0.3) is 0 Å². The fourth-order valence-electron chi connectivity index (χ4n) is 2.61. The minimum atomic E-state index is -3.51. The fourth-order valence-corrected chi connectivity index (χ4v) is 4.12. The van der Waals surface area contributed by atoms with Gasteiger partial charge in [-0.05, 0) is 36.0 Å². The summed E-state index contributed by atoms with van der Waals surface area (Å²) in [6.07, 6.45) is 2.97. The van der Waals surface area contributed by atoms with Crippen molar-refractivity contribution in [2.75, 3.05) is 0 Å². The third kappa shape index (κ3) is 3.16. The number of hydrogen-bond acceptors (Lipinski definition) is 3. The molecule has 0 radical (unpaired) electrons. The Kier molecular flexibility index (Phi) is 3.99. The Bertz CT molecular complexity index is 552. The van der Waals surface area contributed by atoms with Crippen LogP contribution in [0.15, 0.2) is 29.2 Å². The first-order valence-corrected chi connectivity index (χ1v) is 8.06. The molecule has 0 spiro atoms. The van der Waals surface area contributed by atoms with Crippen molar-refractivity contribution >= 4 is 10.0 Å². The van der Waals surface area contributed by atoms with Crippen LogP contribution in [0.2, 0.25) is 0 Å². The molecule has 1 fully saturated rings. The molecule has 0 bridgehead atoms. The molecule has 0 amide bonds. The average Bonchev–Trinajstić information content (AvgIpc) is 2.68. The molecule has 5 heteroatoms. The van der Waals surface area contributed by atoms with Gasteiger partial charge in [0.05, 0.1) is 11.5 Å². The molecule has 2 rings (SSSR count). The van der Waals surface area contributed by atoms with E-state index in [-0.39, 0.29) is 23.0 Å². The van der Waals surface area contributed by atoms with Crippen molar-refractivity contribution in [1.82, 2.24) is 4.72 Å². The maximum atomic E-state index is 12.4. The van der Waals surface area contributed by atoms with Gasteiger partial charge in [0.1, 0.15) is 0 Å². The third-order valence-corrected chi connectivity index (χ3v) is 5.42. The molecule has 1 atom stereocenters. The van der Waals surface area contributed by atoms with Crippen molar-refractivity contribution in [3.63, 3.8) is 0 Å². The molecule has 106 valence electrons. The summed E-state index contributed by atoms with van der Waals surface area (Å²) in [5.74, 6) is 0. The van der Waals surface area contributed by atoms with Crippen LogP contribution < -0.4 is 4.72 Å². The minimum Gasteiger partial charge on any atom is -0.392 e. The van der Waals surface area contributed by atoms with Crippen molar-refractivity contribution in [1.29, 1.82) is 0 Å². The van der Waals surface area contributed by atoms with E-state index < -0.39 is 10.0 Å². The monoisotopic (exact) mass is 283 g/mol. The summed E-state index contributed by atoms with van der Waals surface area (Å²) in [6.45, 7) is 4.03. The van der Waals surface area contributed by atoms with E-state index in [2.05, 4.69) is 18.6 Å². The molecule has 1 aliphatic rings. The van der Waals surface area contributed by atoms with Crippen LogP contribution in [0.4, 0.5) is 0 Å². The predicted molar refractivity (Wildman–Crippen MR) is 74.1 cm³/mol. The van der Waals surface area contributed by atoms with Gasteiger partial charge in [-0.15, -0.1) is 0 Å². The highest BCUT2D eigenvalue weighted by molar-refractivity contribution is 7.89. The number of hydrogen-bond donors (Lipinski definition) is 2. The number of aliphatic hydroxyl groups excluding tert-OH is 1. The molecule has 0 saturated heterocycles. The van der Waals surface area contributed by atoms with Crippen LogP contribution in [-0.4, -0.2) is 19.6 Å². The zero-order valence-corrected chi connectivity index (χ0v) is 12.2. The summed E-state index contributed by atoms with van der Waals surface area (Å²) < 4.78 is 27.5. The molecule has 1 saturated carbocycles. The Labute approximate surface area is 114 Å². The Morgan fingerprint density at radius 3 is 2.74 bits per heavy atom. The van der Waals surface area contributed by atoms with Crippen LogP contribution in [0.3, 0.4) is 0 Å². The first-order chi connectivity index (χ1) is 8.85. The van der Waals surface area contributed by atoms with E-state index in [9.17, 15) is 8.42 Å². The molecule has 2 N–H and O–H groups in total. The first-order valence-electron chi connectivity index (χ1n) is 6.57. The van der Waals surface area contributed by atoms with E-state index >= 15 is 0 Å². The summed E-state index contributed by atoms with van der Waals surface area (Å²) in [5, 5.41) is 9.08. The zero-order valence-electron chi connectivity index (χ0n) is 11.4. The van der Waals surface area contributed by atoms with Gasteiger partial charge >= 0.3 is 0 Å². The van der Waals surface area contributed by atoms with Crippen molar-refractivity contribution < 1.29 is 13.5 Å². The van der Waals surface area contributed by atoms with E-state index in [1.54, 1.807) is 18.2 Å². The number of sulfonamides is 1. The van der Waals surface area contributed by atoms with E-state index in [0.29, 0.717) is 5.56 Å². The maximum Gasteiger partial charge on any atom is 0.240 e. The van der Waals surface area contributed by atoms with Crippen LogP contribution in [0.1, 0.15) is 38.7 Å². The highest BCUT2D eigenvalue weighted by atomic mass is 32.2. The molecule has 0 aliphatic heterocycles. The summed E-state index contributed by atoms with van der Waals surface area (Å²) in [4.78, 5) is 0.224. The average molecular weight is 283 g/mol. The van der Waals surface area contributed by atoms with E-state index in [1.165, 1.54) is 6.07 Å². The van der Waals surface area contributed by atoms with Gasteiger partial charge in [0.15, 0.2) is 0 Å². The largest absolute Gasteiger partial charge is 0.392 e. The molecule has 0 heterocycles. The van der Waals surface area contributed by atoms with E-state index in [1.807, 2.05) is 0 Å². The van der Waals surface area contributed by atoms with Gasteiger partial charge in [0.25, 0.3) is 0 Å². The lowest BCUT2D eigenvalue weighted by Gasteiger charge is -2.27. The van der Waals surface area contributed by atoms with Crippen molar-refractivity contribution in [3.8, 4) is 0 Å². The van der Waals surface area contributed by atoms with Gasteiger partial charge in [-0.2, -0.15) is 0 Å². The smallest absolute Gasteiger partial charge is 0.240 e. The summed E-state index contributed by atoms with van der Waals surface area (Å²) >= 11 is 0. The van der Waals surface area contributed by atoms with Gasteiger partial charge < -0.3 is 5.11 Å². The third-order valence-electron chi connectivity index (χ3n) is 3.95.